The number of aromatic nitrogens is 3. The summed E-state index contributed by atoms with van der Waals surface area (Å²) in [5, 5.41) is 10.5. The fourth-order valence-corrected chi connectivity index (χ4v) is 2.38. The number of hydrogen-bond acceptors (Lipinski definition) is 5. The Kier molecular flexibility index (Phi) is 4.10. The molecule has 1 atom stereocenters. The van der Waals surface area contributed by atoms with Crippen molar-refractivity contribution in [2.75, 3.05) is 13.2 Å². The van der Waals surface area contributed by atoms with Crippen molar-refractivity contribution in [3.63, 3.8) is 0 Å². The Balaban J connectivity index is 1.67. The summed E-state index contributed by atoms with van der Waals surface area (Å²) >= 11 is 0. The summed E-state index contributed by atoms with van der Waals surface area (Å²) in [7, 11) is 0. The van der Waals surface area contributed by atoms with E-state index in [1.807, 2.05) is 0 Å². The maximum Gasteiger partial charge on any atom is 0.277 e. The zero-order chi connectivity index (χ0) is 15.5. The van der Waals surface area contributed by atoms with Crippen LogP contribution in [0.4, 0.5) is 4.39 Å². The van der Waals surface area contributed by atoms with E-state index in [2.05, 4.69) is 15.6 Å². The fraction of sp³-hybridized carbons (Fsp3) is 0.429. The van der Waals surface area contributed by atoms with Crippen LogP contribution >= 0.6 is 0 Å². The molecule has 0 bridgehead atoms. The number of nitrogens with zero attached hydrogens (tertiary/aromatic N) is 3. The molecule has 2 aromatic rings. The number of ether oxygens (including phenoxy) is 1. The van der Waals surface area contributed by atoms with Gasteiger partial charge >= 0.3 is 0 Å². The van der Waals surface area contributed by atoms with E-state index < -0.39 is 17.5 Å². The first-order valence-corrected chi connectivity index (χ1v) is 7.07. The zero-order valence-electron chi connectivity index (χ0n) is 11.8. The van der Waals surface area contributed by atoms with Crippen molar-refractivity contribution >= 4 is 16.8 Å². The van der Waals surface area contributed by atoms with E-state index in [-0.39, 0.29) is 24.4 Å². The van der Waals surface area contributed by atoms with Crippen LogP contribution in [0.2, 0.25) is 0 Å². The van der Waals surface area contributed by atoms with Gasteiger partial charge in [-0.25, -0.2) is 9.07 Å². The van der Waals surface area contributed by atoms with Crippen molar-refractivity contribution in [2.45, 2.75) is 25.5 Å². The van der Waals surface area contributed by atoms with Crippen molar-refractivity contribution in [1.82, 2.24) is 20.3 Å². The van der Waals surface area contributed by atoms with Crippen LogP contribution in [0.1, 0.15) is 12.8 Å². The van der Waals surface area contributed by atoms with Gasteiger partial charge in [-0.1, -0.05) is 5.21 Å². The number of amides is 1. The highest BCUT2D eigenvalue weighted by Crippen LogP contribution is 2.11. The van der Waals surface area contributed by atoms with Crippen LogP contribution in [-0.2, 0) is 16.1 Å². The monoisotopic (exact) mass is 306 g/mol. The molecule has 1 aromatic carbocycles. The molecule has 1 aliphatic heterocycles. The van der Waals surface area contributed by atoms with E-state index in [0.717, 1.165) is 17.2 Å². The second-order valence-corrected chi connectivity index (χ2v) is 5.07. The zero-order valence-corrected chi connectivity index (χ0v) is 11.8. The van der Waals surface area contributed by atoms with E-state index in [0.29, 0.717) is 18.5 Å². The third-order valence-corrected chi connectivity index (χ3v) is 3.53. The van der Waals surface area contributed by atoms with Crippen molar-refractivity contribution in [3.05, 3.63) is 34.4 Å². The van der Waals surface area contributed by atoms with Gasteiger partial charge in [0.15, 0.2) is 0 Å². The molecule has 1 fully saturated rings. The maximum absolute atomic E-state index is 13.2. The smallest absolute Gasteiger partial charge is 0.277 e. The molecule has 116 valence electrons. The highest BCUT2D eigenvalue weighted by atomic mass is 19.1. The Morgan fingerprint density at radius 2 is 2.36 bits per heavy atom. The van der Waals surface area contributed by atoms with E-state index in [1.54, 1.807) is 0 Å². The summed E-state index contributed by atoms with van der Waals surface area (Å²) in [5.74, 6) is -0.693. The van der Waals surface area contributed by atoms with Gasteiger partial charge in [0.1, 0.15) is 17.4 Å². The molecule has 3 rings (SSSR count). The first-order chi connectivity index (χ1) is 10.6. The van der Waals surface area contributed by atoms with Gasteiger partial charge in [-0.05, 0) is 31.0 Å². The molecule has 1 N–H and O–H groups in total. The highest BCUT2D eigenvalue weighted by molar-refractivity contribution is 5.81. The molecule has 1 aliphatic rings. The minimum atomic E-state index is -0.504. The molecule has 2 heterocycles. The maximum atomic E-state index is 13.2. The molecule has 8 heteroatoms. The second-order valence-electron chi connectivity index (χ2n) is 5.07. The molecule has 0 unspecified atom stereocenters. The normalized spacial score (nSPS) is 17.8. The molecule has 7 nitrogen and oxygen atoms in total. The Morgan fingerprint density at radius 3 is 3.14 bits per heavy atom. The van der Waals surface area contributed by atoms with Gasteiger partial charge in [0.2, 0.25) is 5.91 Å². The van der Waals surface area contributed by atoms with Gasteiger partial charge in [0, 0.05) is 13.2 Å². The van der Waals surface area contributed by atoms with Gasteiger partial charge < -0.3 is 10.1 Å². The summed E-state index contributed by atoms with van der Waals surface area (Å²) in [4.78, 5) is 23.9. The van der Waals surface area contributed by atoms with Crippen LogP contribution in [0.5, 0.6) is 0 Å². The summed E-state index contributed by atoms with van der Waals surface area (Å²) in [6, 6.07) is 3.76. The topological polar surface area (TPSA) is 86.1 Å². The average Bonchev–Trinajstić information content (AvgIpc) is 3.04. The number of carbonyl (C=O) groups excluding carboxylic acids is 1. The van der Waals surface area contributed by atoms with E-state index in [1.165, 1.54) is 12.1 Å². The molecule has 22 heavy (non-hydrogen) atoms. The Hall–Kier alpha value is -2.35. The molecule has 0 spiro atoms. The first-order valence-electron chi connectivity index (χ1n) is 7.07. The summed E-state index contributed by atoms with van der Waals surface area (Å²) in [5.41, 5.74) is -0.0955. The number of rotatable bonds is 4. The molecule has 0 radical (unpaired) electrons. The second kappa shape index (κ2) is 6.18. The Morgan fingerprint density at radius 1 is 1.50 bits per heavy atom. The van der Waals surface area contributed by atoms with Crippen LogP contribution in [0.3, 0.4) is 0 Å². The first kappa shape index (κ1) is 14.6. The van der Waals surface area contributed by atoms with Gasteiger partial charge in [0.25, 0.3) is 5.56 Å². The van der Waals surface area contributed by atoms with Crippen molar-refractivity contribution in [3.8, 4) is 0 Å². The quantitative estimate of drug-likeness (QED) is 0.873. The van der Waals surface area contributed by atoms with Gasteiger partial charge in [-0.15, -0.1) is 5.10 Å². The van der Waals surface area contributed by atoms with Crippen LogP contribution in [0.25, 0.3) is 10.9 Å². The number of hydrogen-bond donors (Lipinski definition) is 1. The fourth-order valence-electron chi connectivity index (χ4n) is 2.38. The van der Waals surface area contributed by atoms with E-state index in [9.17, 15) is 14.0 Å². The van der Waals surface area contributed by atoms with Crippen LogP contribution in [-0.4, -0.2) is 40.2 Å². The van der Waals surface area contributed by atoms with Crippen LogP contribution in [0, 0.1) is 5.82 Å². The SMILES string of the molecule is O=C(NCCn1nnc2ccc(F)cc2c1=O)[C@@H]1CCCO1. The van der Waals surface area contributed by atoms with Gasteiger partial charge in [-0.2, -0.15) is 0 Å². The number of fused-ring (bicyclic) bond motifs is 1. The molecule has 0 aliphatic carbocycles. The standard InChI is InChI=1S/C14H15FN4O3/c15-9-3-4-11-10(8-9)14(21)19(18-17-11)6-5-16-13(20)12-2-1-7-22-12/h3-4,8,12H,1-2,5-7H2,(H,16,20)/t12-/m0/s1. The highest BCUT2D eigenvalue weighted by Gasteiger charge is 2.22. The minimum absolute atomic E-state index is 0.163. The predicted molar refractivity (Wildman–Crippen MR) is 75.7 cm³/mol. The van der Waals surface area contributed by atoms with Gasteiger partial charge in [-0.3, -0.25) is 9.59 Å². The summed E-state index contributed by atoms with van der Waals surface area (Å²) in [6.07, 6.45) is 1.17. The molecule has 0 saturated carbocycles. The van der Waals surface area contributed by atoms with E-state index in [4.69, 9.17) is 4.74 Å². The molecule has 1 aromatic heterocycles. The lowest BCUT2D eigenvalue weighted by molar-refractivity contribution is -0.130. The van der Waals surface area contributed by atoms with Crippen LogP contribution in [0.15, 0.2) is 23.0 Å². The molecular weight excluding hydrogens is 291 g/mol. The largest absolute Gasteiger partial charge is 0.368 e. The van der Waals surface area contributed by atoms with E-state index >= 15 is 0 Å². The molecule has 1 amide bonds. The lowest BCUT2D eigenvalue weighted by atomic mass is 10.2. The lowest BCUT2D eigenvalue weighted by Gasteiger charge is -2.10. The average molecular weight is 306 g/mol. The Bertz CT molecular complexity index is 755. The Labute approximate surface area is 125 Å². The number of nitrogens with one attached hydrogen (secondary N) is 1. The third-order valence-electron chi connectivity index (χ3n) is 3.53. The number of halogens is 1. The summed E-state index contributed by atoms with van der Waals surface area (Å²) < 4.78 is 19.6. The molecular formula is C14H15FN4O3. The molecule has 1 saturated heterocycles. The van der Waals surface area contributed by atoms with Crippen molar-refractivity contribution in [1.29, 1.82) is 0 Å². The van der Waals surface area contributed by atoms with Gasteiger partial charge in [0.05, 0.1) is 11.9 Å². The van der Waals surface area contributed by atoms with Crippen molar-refractivity contribution < 1.29 is 13.9 Å². The predicted octanol–water partition coefficient (Wildman–Crippen LogP) is 0.226. The lowest BCUT2D eigenvalue weighted by Crippen LogP contribution is -2.38. The number of benzene rings is 1. The number of carbonyl (C=O) groups is 1. The minimum Gasteiger partial charge on any atom is -0.368 e. The van der Waals surface area contributed by atoms with Crippen LogP contribution < -0.4 is 10.9 Å². The van der Waals surface area contributed by atoms with Crippen molar-refractivity contribution in [2.24, 2.45) is 0 Å². The summed E-state index contributed by atoms with van der Waals surface area (Å²) in [6.45, 7) is 0.990. The third kappa shape index (κ3) is 2.96.